The highest BCUT2D eigenvalue weighted by Crippen LogP contribution is 2.23. The van der Waals surface area contributed by atoms with Crippen LogP contribution in [0.1, 0.15) is 15.9 Å². The van der Waals surface area contributed by atoms with Gasteiger partial charge in [-0.15, -0.1) is 11.8 Å². The smallest absolute Gasteiger partial charge is 0.272 e. The first-order valence-electron chi connectivity index (χ1n) is 13.2. The quantitative estimate of drug-likeness (QED) is 0.112. The Kier molecular flexibility index (Phi) is 9.66. The number of halogens is 2. The summed E-state index contributed by atoms with van der Waals surface area (Å²) in [6, 6.07) is 33.4. The molecule has 5 rings (SSSR count). The van der Waals surface area contributed by atoms with E-state index >= 15 is 0 Å². The highest BCUT2D eigenvalue weighted by atomic mass is 79.9. The van der Waals surface area contributed by atoms with E-state index in [-0.39, 0.29) is 22.9 Å². The number of rotatable bonds is 9. The number of thioether (sulfide) groups is 1. The van der Waals surface area contributed by atoms with Crippen LogP contribution in [-0.4, -0.2) is 23.5 Å². The van der Waals surface area contributed by atoms with Gasteiger partial charge in [-0.3, -0.25) is 14.4 Å². The van der Waals surface area contributed by atoms with E-state index in [1.54, 1.807) is 54.6 Å². The Bertz CT molecular complexity index is 1830. The predicted molar refractivity (Wildman–Crippen MR) is 174 cm³/mol. The molecule has 3 amide bonds. The van der Waals surface area contributed by atoms with Crippen LogP contribution >= 0.6 is 27.7 Å². The standard InChI is InChI=1S/C34H25BrFN3O3S/c35-25-12-9-22(10-13-25)19-31(39-33(41)29-7-3-4-8-30(29)36)34(42)38-26-15-17-28(18-16-26)43-21-32(40)37-27-14-11-23-5-1-2-6-24(23)20-27/h1-20H,21H2,(H,37,40)(H,38,42)(H,39,41)/b31-19+. The average molecular weight is 655 g/mol. The molecule has 0 fully saturated rings. The van der Waals surface area contributed by atoms with E-state index in [2.05, 4.69) is 31.9 Å². The molecular weight excluding hydrogens is 629 g/mol. The zero-order valence-electron chi connectivity index (χ0n) is 22.6. The number of carbonyl (C=O) groups excluding carboxylic acids is 3. The van der Waals surface area contributed by atoms with Crippen LogP contribution in [0.5, 0.6) is 0 Å². The topological polar surface area (TPSA) is 87.3 Å². The first-order valence-corrected chi connectivity index (χ1v) is 15.0. The maximum absolute atomic E-state index is 14.2. The lowest BCUT2D eigenvalue weighted by molar-refractivity contribution is -0.114. The van der Waals surface area contributed by atoms with Crippen molar-refractivity contribution in [2.45, 2.75) is 4.90 Å². The Morgan fingerprint density at radius 1 is 0.744 bits per heavy atom. The second-order valence-electron chi connectivity index (χ2n) is 9.42. The minimum atomic E-state index is -0.745. The second kappa shape index (κ2) is 14.0. The summed E-state index contributed by atoms with van der Waals surface area (Å²) in [4.78, 5) is 39.4. The van der Waals surface area contributed by atoms with Crippen molar-refractivity contribution in [3.63, 3.8) is 0 Å². The summed E-state index contributed by atoms with van der Waals surface area (Å²) in [6.45, 7) is 0. The number of nitrogens with one attached hydrogen (secondary N) is 3. The van der Waals surface area contributed by atoms with E-state index in [0.29, 0.717) is 11.3 Å². The molecule has 43 heavy (non-hydrogen) atoms. The molecule has 0 aliphatic heterocycles. The van der Waals surface area contributed by atoms with Gasteiger partial charge in [-0.2, -0.15) is 0 Å². The van der Waals surface area contributed by atoms with Crippen molar-refractivity contribution in [1.29, 1.82) is 0 Å². The molecule has 0 radical (unpaired) electrons. The summed E-state index contributed by atoms with van der Waals surface area (Å²) < 4.78 is 15.1. The molecule has 0 unspecified atom stereocenters. The molecule has 9 heteroatoms. The third-order valence-corrected chi connectivity index (χ3v) is 7.85. The zero-order valence-corrected chi connectivity index (χ0v) is 25.0. The Hall–Kier alpha value is -4.73. The summed E-state index contributed by atoms with van der Waals surface area (Å²) in [5, 5.41) is 10.4. The van der Waals surface area contributed by atoms with Crippen molar-refractivity contribution in [2.24, 2.45) is 0 Å². The molecule has 0 aromatic heterocycles. The summed E-state index contributed by atoms with van der Waals surface area (Å²) >= 11 is 4.74. The molecule has 214 valence electrons. The Morgan fingerprint density at radius 3 is 2.16 bits per heavy atom. The Balaban J connectivity index is 1.22. The van der Waals surface area contributed by atoms with Crippen molar-refractivity contribution >= 4 is 73.6 Å². The van der Waals surface area contributed by atoms with Gasteiger partial charge in [0.25, 0.3) is 11.8 Å². The predicted octanol–water partition coefficient (Wildman–Crippen LogP) is 7.88. The lowest BCUT2D eigenvalue weighted by atomic mass is 10.1. The van der Waals surface area contributed by atoms with Gasteiger partial charge in [0, 0.05) is 20.7 Å². The minimum Gasteiger partial charge on any atom is -0.325 e. The number of amides is 3. The average Bonchev–Trinajstić information content (AvgIpc) is 3.01. The molecule has 0 atom stereocenters. The molecule has 0 saturated carbocycles. The van der Waals surface area contributed by atoms with E-state index < -0.39 is 17.6 Å². The van der Waals surface area contributed by atoms with Gasteiger partial charge in [-0.05, 0) is 83.1 Å². The third-order valence-electron chi connectivity index (χ3n) is 6.31. The lowest BCUT2D eigenvalue weighted by Crippen LogP contribution is -2.31. The fourth-order valence-electron chi connectivity index (χ4n) is 4.17. The summed E-state index contributed by atoms with van der Waals surface area (Å²) in [7, 11) is 0. The molecule has 0 aliphatic rings. The fraction of sp³-hybridized carbons (Fsp3) is 0.0294. The van der Waals surface area contributed by atoms with Crippen LogP contribution in [0.3, 0.4) is 0 Å². The number of anilines is 2. The van der Waals surface area contributed by atoms with Crippen molar-refractivity contribution < 1.29 is 18.8 Å². The first kappa shape index (κ1) is 29.8. The van der Waals surface area contributed by atoms with Crippen molar-refractivity contribution in [2.75, 3.05) is 16.4 Å². The van der Waals surface area contributed by atoms with Gasteiger partial charge in [-0.1, -0.05) is 70.5 Å². The first-order chi connectivity index (χ1) is 20.8. The van der Waals surface area contributed by atoms with Gasteiger partial charge in [-0.25, -0.2) is 4.39 Å². The van der Waals surface area contributed by atoms with E-state index in [4.69, 9.17) is 0 Å². The molecule has 0 saturated heterocycles. The molecule has 0 bridgehead atoms. The van der Waals surface area contributed by atoms with Gasteiger partial charge in [0.2, 0.25) is 5.91 Å². The number of hydrogen-bond donors (Lipinski definition) is 3. The maximum atomic E-state index is 14.2. The Labute approximate surface area is 260 Å². The normalized spacial score (nSPS) is 11.2. The molecular formula is C34H25BrFN3O3S. The SMILES string of the molecule is O=C(CSc1ccc(NC(=O)/C(=C\c2ccc(Br)cc2)NC(=O)c2ccccc2F)cc1)Nc1ccc2ccccc2c1. The lowest BCUT2D eigenvalue weighted by Gasteiger charge is -2.12. The second-order valence-corrected chi connectivity index (χ2v) is 11.4. The number of fused-ring (bicyclic) bond motifs is 1. The summed E-state index contributed by atoms with van der Waals surface area (Å²) in [5.41, 5.74) is 1.64. The molecule has 5 aromatic carbocycles. The zero-order chi connectivity index (χ0) is 30.2. The fourth-order valence-corrected chi connectivity index (χ4v) is 5.13. The van der Waals surface area contributed by atoms with E-state index in [1.165, 1.54) is 36.0 Å². The van der Waals surface area contributed by atoms with Crippen molar-refractivity contribution in [1.82, 2.24) is 5.32 Å². The largest absolute Gasteiger partial charge is 0.325 e. The minimum absolute atomic E-state index is 0.0561. The van der Waals surface area contributed by atoms with Gasteiger partial charge >= 0.3 is 0 Å². The Morgan fingerprint density at radius 2 is 1.42 bits per heavy atom. The van der Waals surface area contributed by atoms with E-state index in [1.807, 2.05) is 42.5 Å². The van der Waals surface area contributed by atoms with Crippen molar-refractivity contribution in [3.8, 4) is 0 Å². The number of hydrogen-bond acceptors (Lipinski definition) is 4. The molecule has 3 N–H and O–H groups in total. The summed E-state index contributed by atoms with van der Waals surface area (Å²) in [5.74, 6) is -1.94. The molecule has 0 spiro atoms. The highest BCUT2D eigenvalue weighted by molar-refractivity contribution is 9.10. The van der Waals surface area contributed by atoms with Crippen LogP contribution in [0.4, 0.5) is 15.8 Å². The molecule has 5 aromatic rings. The summed E-state index contributed by atoms with van der Waals surface area (Å²) in [6.07, 6.45) is 1.51. The number of carbonyl (C=O) groups is 3. The van der Waals surface area contributed by atoms with E-state index in [9.17, 15) is 18.8 Å². The van der Waals surface area contributed by atoms with Gasteiger partial charge < -0.3 is 16.0 Å². The van der Waals surface area contributed by atoms with E-state index in [0.717, 1.165) is 25.8 Å². The molecule has 0 aliphatic carbocycles. The van der Waals surface area contributed by atoms with Crippen LogP contribution in [0.15, 0.2) is 130 Å². The van der Waals surface area contributed by atoms with Crippen LogP contribution in [-0.2, 0) is 9.59 Å². The molecule has 0 heterocycles. The third kappa shape index (κ3) is 8.18. The van der Waals surface area contributed by atoms with Crippen LogP contribution in [0.25, 0.3) is 16.8 Å². The highest BCUT2D eigenvalue weighted by Gasteiger charge is 2.17. The van der Waals surface area contributed by atoms with Gasteiger partial charge in [0.15, 0.2) is 0 Å². The van der Waals surface area contributed by atoms with Crippen LogP contribution in [0.2, 0.25) is 0 Å². The number of benzene rings is 5. The van der Waals surface area contributed by atoms with Gasteiger partial charge in [0.05, 0.1) is 11.3 Å². The van der Waals surface area contributed by atoms with Gasteiger partial charge in [0.1, 0.15) is 11.5 Å². The molecule has 6 nitrogen and oxygen atoms in total. The van der Waals surface area contributed by atoms with Crippen LogP contribution in [0, 0.1) is 5.82 Å². The maximum Gasteiger partial charge on any atom is 0.272 e. The van der Waals surface area contributed by atoms with Crippen molar-refractivity contribution in [3.05, 3.63) is 142 Å². The van der Waals surface area contributed by atoms with Crippen LogP contribution < -0.4 is 16.0 Å². The monoisotopic (exact) mass is 653 g/mol.